The maximum atomic E-state index is 5.97. The molecular formula is C27H34N4O2. The van der Waals surface area contributed by atoms with Crippen LogP contribution in [-0.4, -0.2) is 47.7 Å². The van der Waals surface area contributed by atoms with Crippen molar-refractivity contribution in [1.29, 1.82) is 0 Å². The molecule has 1 aliphatic heterocycles. The summed E-state index contributed by atoms with van der Waals surface area (Å²) < 4.78 is 11.4. The molecule has 0 amide bonds. The molecule has 0 unspecified atom stereocenters. The number of likely N-dealkylation sites (tertiary alicyclic amines) is 1. The molecule has 3 aromatic rings. The van der Waals surface area contributed by atoms with Crippen LogP contribution < -0.4 is 14.8 Å². The third-order valence-corrected chi connectivity index (χ3v) is 5.85. The molecule has 1 aliphatic rings. The van der Waals surface area contributed by atoms with Crippen molar-refractivity contribution in [3.8, 4) is 22.9 Å². The lowest BCUT2D eigenvalue weighted by Gasteiger charge is -2.32. The molecule has 2 heterocycles. The first-order valence-electron chi connectivity index (χ1n) is 11.8. The maximum absolute atomic E-state index is 5.97. The Labute approximate surface area is 197 Å². The molecule has 0 radical (unpaired) electrons. The van der Waals surface area contributed by atoms with Gasteiger partial charge in [0, 0.05) is 31.2 Å². The number of aromatic nitrogens is 2. The topological polar surface area (TPSA) is 59.5 Å². The van der Waals surface area contributed by atoms with E-state index in [-0.39, 0.29) is 0 Å². The van der Waals surface area contributed by atoms with E-state index in [4.69, 9.17) is 9.47 Å². The molecule has 4 rings (SSSR count). The van der Waals surface area contributed by atoms with E-state index in [1.54, 1.807) is 7.11 Å². The highest BCUT2D eigenvalue weighted by molar-refractivity contribution is 5.55. The van der Waals surface area contributed by atoms with Gasteiger partial charge in [0.05, 0.1) is 31.8 Å². The minimum atomic E-state index is 0.438. The van der Waals surface area contributed by atoms with Crippen LogP contribution in [0.2, 0.25) is 0 Å². The number of hydrogen-bond acceptors (Lipinski definition) is 6. The van der Waals surface area contributed by atoms with Crippen molar-refractivity contribution in [3.63, 3.8) is 0 Å². The van der Waals surface area contributed by atoms with Crippen molar-refractivity contribution in [1.82, 2.24) is 14.9 Å². The summed E-state index contributed by atoms with van der Waals surface area (Å²) in [7, 11) is 1.69. The second kappa shape index (κ2) is 11.1. The second-order valence-corrected chi connectivity index (χ2v) is 9.05. The summed E-state index contributed by atoms with van der Waals surface area (Å²) in [5.41, 5.74) is 3.27. The first kappa shape index (κ1) is 23.1. The molecule has 33 heavy (non-hydrogen) atoms. The predicted molar refractivity (Wildman–Crippen MR) is 133 cm³/mol. The Morgan fingerprint density at radius 3 is 2.39 bits per heavy atom. The number of anilines is 1. The number of benzene rings is 2. The van der Waals surface area contributed by atoms with Crippen molar-refractivity contribution in [2.24, 2.45) is 5.92 Å². The van der Waals surface area contributed by atoms with E-state index in [0.29, 0.717) is 18.6 Å². The average molecular weight is 447 g/mol. The summed E-state index contributed by atoms with van der Waals surface area (Å²) in [6, 6.07) is 16.8. The number of hydrogen-bond donors (Lipinski definition) is 1. The standard InChI is InChI=1S/C27H34N4O2/c1-20(2)19-33-26-15-21(9-10-25(26)32-3)18-31-13-11-23(12-14-31)30-24-16-28-27(29-17-24)22-7-5-4-6-8-22/h4-10,15-17,20,23,30H,11-14,18-19H2,1-3H3. The van der Waals surface area contributed by atoms with Crippen LogP contribution in [0.3, 0.4) is 0 Å². The van der Waals surface area contributed by atoms with Crippen LogP contribution in [0.4, 0.5) is 5.69 Å². The van der Waals surface area contributed by atoms with Crippen molar-refractivity contribution < 1.29 is 9.47 Å². The zero-order valence-electron chi connectivity index (χ0n) is 19.8. The fourth-order valence-electron chi connectivity index (χ4n) is 4.06. The molecule has 1 N–H and O–H groups in total. The Morgan fingerprint density at radius 2 is 1.73 bits per heavy atom. The smallest absolute Gasteiger partial charge is 0.161 e. The summed E-state index contributed by atoms with van der Waals surface area (Å²) >= 11 is 0. The number of nitrogens with zero attached hydrogens (tertiary/aromatic N) is 3. The number of nitrogens with one attached hydrogen (secondary N) is 1. The van der Waals surface area contributed by atoms with E-state index >= 15 is 0 Å². The van der Waals surface area contributed by atoms with Crippen LogP contribution in [0.1, 0.15) is 32.3 Å². The largest absolute Gasteiger partial charge is 0.493 e. The van der Waals surface area contributed by atoms with E-state index in [2.05, 4.69) is 46.2 Å². The molecule has 1 saturated heterocycles. The van der Waals surface area contributed by atoms with Gasteiger partial charge in [0.15, 0.2) is 17.3 Å². The molecule has 0 aliphatic carbocycles. The molecule has 1 aromatic heterocycles. The van der Waals surface area contributed by atoms with Crippen molar-refractivity contribution in [3.05, 3.63) is 66.5 Å². The van der Waals surface area contributed by atoms with E-state index in [1.165, 1.54) is 5.56 Å². The van der Waals surface area contributed by atoms with Gasteiger partial charge in [-0.25, -0.2) is 9.97 Å². The third kappa shape index (κ3) is 6.45. The molecule has 2 aromatic carbocycles. The minimum absolute atomic E-state index is 0.438. The molecule has 0 saturated carbocycles. The molecule has 0 bridgehead atoms. The average Bonchev–Trinajstić information content (AvgIpc) is 2.85. The summed E-state index contributed by atoms with van der Waals surface area (Å²) in [5, 5.41) is 3.61. The third-order valence-electron chi connectivity index (χ3n) is 5.85. The minimum Gasteiger partial charge on any atom is -0.493 e. The molecule has 1 fully saturated rings. The van der Waals surface area contributed by atoms with Crippen LogP contribution in [0.15, 0.2) is 60.9 Å². The molecular weight excluding hydrogens is 412 g/mol. The summed E-state index contributed by atoms with van der Waals surface area (Å²) in [5.74, 6) is 2.86. The Hall–Kier alpha value is -3.12. The van der Waals surface area contributed by atoms with Gasteiger partial charge in [0.2, 0.25) is 0 Å². The van der Waals surface area contributed by atoms with Gasteiger partial charge in [0.1, 0.15) is 0 Å². The number of piperidine rings is 1. The lowest BCUT2D eigenvalue weighted by atomic mass is 10.0. The van der Waals surface area contributed by atoms with Crippen LogP contribution in [0, 0.1) is 5.92 Å². The Bertz CT molecular complexity index is 1000. The fourth-order valence-corrected chi connectivity index (χ4v) is 4.06. The zero-order chi connectivity index (χ0) is 23.0. The van der Waals surface area contributed by atoms with E-state index in [0.717, 1.165) is 61.1 Å². The lowest BCUT2D eigenvalue weighted by Crippen LogP contribution is -2.38. The van der Waals surface area contributed by atoms with Gasteiger partial charge in [-0.15, -0.1) is 0 Å². The normalized spacial score (nSPS) is 14.9. The van der Waals surface area contributed by atoms with Crippen molar-refractivity contribution >= 4 is 5.69 Å². The van der Waals surface area contributed by atoms with Crippen LogP contribution in [0.5, 0.6) is 11.5 Å². The van der Waals surface area contributed by atoms with Crippen molar-refractivity contribution in [2.45, 2.75) is 39.3 Å². The van der Waals surface area contributed by atoms with Gasteiger partial charge in [-0.3, -0.25) is 4.90 Å². The zero-order valence-corrected chi connectivity index (χ0v) is 19.8. The second-order valence-electron chi connectivity index (χ2n) is 9.05. The summed E-state index contributed by atoms with van der Waals surface area (Å²) in [4.78, 5) is 11.6. The lowest BCUT2D eigenvalue weighted by molar-refractivity contribution is 0.210. The van der Waals surface area contributed by atoms with Gasteiger partial charge >= 0.3 is 0 Å². The molecule has 0 spiro atoms. The predicted octanol–water partition coefficient (Wildman–Crippen LogP) is 5.26. The highest BCUT2D eigenvalue weighted by Crippen LogP contribution is 2.29. The van der Waals surface area contributed by atoms with E-state index < -0.39 is 0 Å². The van der Waals surface area contributed by atoms with E-state index in [1.807, 2.05) is 48.8 Å². The maximum Gasteiger partial charge on any atom is 0.161 e. The Morgan fingerprint density at radius 1 is 1.00 bits per heavy atom. The van der Waals surface area contributed by atoms with E-state index in [9.17, 15) is 0 Å². The Balaban J connectivity index is 1.28. The van der Waals surface area contributed by atoms with Crippen LogP contribution >= 0.6 is 0 Å². The first-order chi connectivity index (χ1) is 16.1. The molecule has 6 heteroatoms. The fraction of sp³-hybridized carbons (Fsp3) is 0.407. The highest BCUT2D eigenvalue weighted by atomic mass is 16.5. The SMILES string of the molecule is COc1ccc(CN2CCC(Nc3cnc(-c4ccccc4)nc3)CC2)cc1OCC(C)C. The molecule has 6 nitrogen and oxygen atoms in total. The monoisotopic (exact) mass is 446 g/mol. The number of methoxy groups -OCH3 is 1. The van der Waals surface area contributed by atoms with Gasteiger partial charge in [-0.1, -0.05) is 50.2 Å². The van der Waals surface area contributed by atoms with Crippen LogP contribution in [0.25, 0.3) is 11.4 Å². The van der Waals surface area contributed by atoms with Crippen LogP contribution in [-0.2, 0) is 6.54 Å². The quantitative estimate of drug-likeness (QED) is 0.484. The summed E-state index contributed by atoms with van der Waals surface area (Å²) in [6.07, 6.45) is 5.95. The van der Waals surface area contributed by atoms with Gasteiger partial charge in [0.25, 0.3) is 0 Å². The first-order valence-corrected chi connectivity index (χ1v) is 11.8. The highest BCUT2D eigenvalue weighted by Gasteiger charge is 2.20. The van der Waals surface area contributed by atoms with Gasteiger partial charge in [-0.2, -0.15) is 0 Å². The van der Waals surface area contributed by atoms with Crippen molar-refractivity contribution in [2.75, 3.05) is 32.1 Å². The summed E-state index contributed by atoms with van der Waals surface area (Å²) in [6.45, 7) is 8.01. The van der Waals surface area contributed by atoms with Gasteiger partial charge in [-0.05, 0) is 36.5 Å². The Kier molecular flexibility index (Phi) is 7.79. The van der Waals surface area contributed by atoms with Gasteiger partial charge < -0.3 is 14.8 Å². The molecule has 0 atom stereocenters. The number of rotatable bonds is 9. The molecule has 174 valence electrons. The number of ether oxygens (including phenoxy) is 2.